The fraction of sp³-hybridized carbons (Fsp3) is 0.0667. The third-order valence-electron chi connectivity index (χ3n) is 2.98. The Morgan fingerprint density at radius 1 is 1.00 bits per heavy atom. The first-order valence-electron chi connectivity index (χ1n) is 6.52. The Balaban J connectivity index is 2.21. The maximum absolute atomic E-state index is 12.7. The molecule has 0 spiro atoms. The van der Waals surface area contributed by atoms with Crippen LogP contribution in [-0.2, 0) is 6.18 Å². The standard InChI is InChI=1S/C15H11ClF3N3O2/c16-10-6-5-8(15(17,18)19)7-12(10)22-14(24)21-11-4-2-1-3-9(11)13(20)23/h1-7H,(H2,20,23)(H2,21,22,24). The molecule has 0 aliphatic carbocycles. The minimum atomic E-state index is -4.57. The van der Waals surface area contributed by atoms with Crippen LogP contribution < -0.4 is 16.4 Å². The Morgan fingerprint density at radius 3 is 2.25 bits per heavy atom. The maximum atomic E-state index is 12.7. The normalized spacial score (nSPS) is 11.0. The summed E-state index contributed by atoms with van der Waals surface area (Å²) in [5.74, 6) is -0.761. The van der Waals surface area contributed by atoms with Crippen LogP contribution in [0.2, 0.25) is 5.02 Å². The van der Waals surface area contributed by atoms with Crippen LogP contribution in [0.1, 0.15) is 15.9 Å². The van der Waals surface area contributed by atoms with Gasteiger partial charge in [-0.05, 0) is 30.3 Å². The molecule has 126 valence electrons. The summed E-state index contributed by atoms with van der Waals surface area (Å²) in [7, 11) is 0. The monoisotopic (exact) mass is 357 g/mol. The van der Waals surface area contributed by atoms with Crippen molar-refractivity contribution in [2.75, 3.05) is 10.6 Å². The molecule has 24 heavy (non-hydrogen) atoms. The van der Waals surface area contributed by atoms with Crippen LogP contribution in [0.5, 0.6) is 0 Å². The predicted molar refractivity (Wildman–Crippen MR) is 84.1 cm³/mol. The maximum Gasteiger partial charge on any atom is 0.416 e. The predicted octanol–water partition coefficient (Wildman–Crippen LogP) is 4.10. The van der Waals surface area contributed by atoms with Crippen LogP contribution in [0.4, 0.5) is 29.3 Å². The molecule has 0 heterocycles. The van der Waals surface area contributed by atoms with Gasteiger partial charge in [0.15, 0.2) is 0 Å². The zero-order valence-electron chi connectivity index (χ0n) is 11.9. The number of carbonyl (C=O) groups is 2. The van der Waals surface area contributed by atoms with Crippen molar-refractivity contribution in [1.82, 2.24) is 0 Å². The van der Waals surface area contributed by atoms with E-state index >= 15 is 0 Å². The third-order valence-corrected chi connectivity index (χ3v) is 3.31. The van der Waals surface area contributed by atoms with E-state index in [4.69, 9.17) is 17.3 Å². The molecule has 3 amide bonds. The second kappa shape index (κ2) is 6.79. The summed E-state index contributed by atoms with van der Waals surface area (Å²) < 4.78 is 38.1. The van der Waals surface area contributed by atoms with Gasteiger partial charge in [-0.2, -0.15) is 13.2 Å². The van der Waals surface area contributed by atoms with E-state index in [1.54, 1.807) is 12.1 Å². The lowest BCUT2D eigenvalue weighted by molar-refractivity contribution is -0.137. The number of para-hydroxylation sites is 1. The molecule has 2 aromatic rings. The van der Waals surface area contributed by atoms with E-state index in [2.05, 4.69) is 10.6 Å². The Bertz CT molecular complexity index is 794. The number of hydrogen-bond donors (Lipinski definition) is 3. The second-order valence-corrected chi connectivity index (χ2v) is 5.09. The summed E-state index contributed by atoms with van der Waals surface area (Å²) in [6, 6.07) is 7.59. The van der Waals surface area contributed by atoms with Gasteiger partial charge in [-0.1, -0.05) is 23.7 Å². The van der Waals surface area contributed by atoms with Crippen LogP contribution in [0.15, 0.2) is 42.5 Å². The molecule has 9 heteroatoms. The Morgan fingerprint density at radius 2 is 1.62 bits per heavy atom. The first-order chi connectivity index (χ1) is 11.2. The van der Waals surface area contributed by atoms with Gasteiger partial charge in [-0.3, -0.25) is 4.79 Å². The summed E-state index contributed by atoms with van der Waals surface area (Å²) in [5.41, 5.74) is 4.17. The van der Waals surface area contributed by atoms with Crippen molar-refractivity contribution in [1.29, 1.82) is 0 Å². The summed E-state index contributed by atoms with van der Waals surface area (Å²) >= 11 is 5.79. The lowest BCUT2D eigenvalue weighted by Crippen LogP contribution is -2.23. The molecule has 0 bridgehead atoms. The molecule has 0 fully saturated rings. The molecule has 2 rings (SSSR count). The van der Waals surface area contributed by atoms with Gasteiger partial charge < -0.3 is 16.4 Å². The van der Waals surface area contributed by atoms with Gasteiger partial charge in [0.1, 0.15) is 0 Å². The van der Waals surface area contributed by atoms with Gasteiger partial charge in [0.25, 0.3) is 5.91 Å². The first kappa shape index (κ1) is 17.6. The van der Waals surface area contributed by atoms with E-state index in [0.717, 1.165) is 12.1 Å². The molecule has 0 unspecified atom stereocenters. The molecule has 4 N–H and O–H groups in total. The van der Waals surface area contributed by atoms with E-state index in [9.17, 15) is 22.8 Å². The number of amides is 3. The zero-order chi connectivity index (χ0) is 17.9. The van der Waals surface area contributed by atoms with Crippen LogP contribution >= 0.6 is 11.6 Å². The molecule has 5 nitrogen and oxygen atoms in total. The molecule has 0 aliphatic heterocycles. The number of halogens is 4. The average molecular weight is 358 g/mol. The number of benzene rings is 2. The largest absolute Gasteiger partial charge is 0.416 e. The number of alkyl halides is 3. The van der Waals surface area contributed by atoms with Crippen LogP contribution in [-0.4, -0.2) is 11.9 Å². The number of carbonyl (C=O) groups excluding carboxylic acids is 2. The van der Waals surface area contributed by atoms with Gasteiger partial charge >= 0.3 is 12.2 Å². The van der Waals surface area contributed by atoms with Gasteiger partial charge in [-0.25, -0.2) is 4.79 Å². The topological polar surface area (TPSA) is 84.2 Å². The lowest BCUT2D eigenvalue weighted by Gasteiger charge is -2.13. The third kappa shape index (κ3) is 4.17. The Kier molecular flexibility index (Phi) is 4.99. The van der Waals surface area contributed by atoms with E-state index in [-0.39, 0.29) is 22.0 Å². The van der Waals surface area contributed by atoms with Crippen molar-refractivity contribution < 1.29 is 22.8 Å². The molecule has 0 aliphatic rings. The number of hydrogen-bond acceptors (Lipinski definition) is 2. The number of nitrogens with two attached hydrogens (primary N) is 1. The molecule has 0 saturated heterocycles. The van der Waals surface area contributed by atoms with E-state index in [0.29, 0.717) is 6.07 Å². The second-order valence-electron chi connectivity index (χ2n) is 4.68. The zero-order valence-corrected chi connectivity index (χ0v) is 12.7. The Hall–Kier alpha value is -2.74. The van der Waals surface area contributed by atoms with Crippen molar-refractivity contribution in [3.63, 3.8) is 0 Å². The molecule has 0 radical (unpaired) electrons. The molecule has 0 aromatic heterocycles. The summed E-state index contributed by atoms with van der Waals surface area (Å²) in [5, 5.41) is 4.47. The summed E-state index contributed by atoms with van der Waals surface area (Å²) in [6.45, 7) is 0. The number of primary amides is 1. The minimum absolute atomic E-state index is 0.0581. The Labute approximate surface area is 139 Å². The van der Waals surface area contributed by atoms with Crippen molar-refractivity contribution >= 4 is 34.9 Å². The van der Waals surface area contributed by atoms with E-state index in [1.165, 1.54) is 12.1 Å². The SMILES string of the molecule is NC(=O)c1ccccc1NC(=O)Nc1cc(C(F)(F)F)ccc1Cl. The van der Waals surface area contributed by atoms with Crippen LogP contribution in [0, 0.1) is 0 Å². The highest BCUT2D eigenvalue weighted by molar-refractivity contribution is 6.33. The minimum Gasteiger partial charge on any atom is -0.366 e. The highest BCUT2D eigenvalue weighted by Crippen LogP contribution is 2.33. The van der Waals surface area contributed by atoms with Gasteiger partial charge in [-0.15, -0.1) is 0 Å². The summed E-state index contributed by atoms with van der Waals surface area (Å²) in [4.78, 5) is 23.2. The molecule has 0 saturated carbocycles. The highest BCUT2D eigenvalue weighted by atomic mass is 35.5. The number of rotatable bonds is 3. The van der Waals surface area contributed by atoms with Gasteiger partial charge in [0.05, 0.1) is 27.5 Å². The van der Waals surface area contributed by atoms with E-state index in [1.807, 2.05) is 0 Å². The summed E-state index contributed by atoms with van der Waals surface area (Å²) in [6.07, 6.45) is -4.57. The van der Waals surface area contributed by atoms with Crippen LogP contribution in [0.25, 0.3) is 0 Å². The lowest BCUT2D eigenvalue weighted by atomic mass is 10.1. The fourth-order valence-electron chi connectivity index (χ4n) is 1.88. The first-order valence-corrected chi connectivity index (χ1v) is 6.90. The quantitative estimate of drug-likeness (QED) is 0.772. The van der Waals surface area contributed by atoms with Crippen molar-refractivity contribution in [3.05, 3.63) is 58.6 Å². The number of anilines is 2. The molecular formula is C15H11ClF3N3O2. The van der Waals surface area contributed by atoms with Crippen molar-refractivity contribution in [2.45, 2.75) is 6.18 Å². The molecular weight excluding hydrogens is 347 g/mol. The van der Waals surface area contributed by atoms with Gasteiger partial charge in [0, 0.05) is 0 Å². The average Bonchev–Trinajstić information content (AvgIpc) is 2.48. The van der Waals surface area contributed by atoms with Crippen molar-refractivity contribution in [3.8, 4) is 0 Å². The highest BCUT2D eigenvalue weighted by Gasteiger charge is 2.31. The van der Waals surface area contributed by atoms with E-state index < -0.39 is 23.7 Å². The van der Waals surface area contributed by atoms with Crippen LogP contribution in [0.3, 0.4) is 0 Å². The fourth-order valence-corrected chi connectivity index (χ4v) is 2.05. The molecule has 0 atom stereocenters. The smallest absolute Gasteiger partial charge is 0.366 e. The van der Waals surface area contributed by atoms with Crippen molar-refractivity contribution in [2.24, 2.45) is 5.73 Å². The number of urea groups is 1. The number of nitrogens with one attached hydrogen (secondary N) is 2. The van der Waals surface area contributed by atoms with Gasteiger partial charge in [0.2, 0.25) is 0 Å². The molecule has 2 aromatic carbocycles.